The molecule has 2 amide bonds. The zero-order chi connectivity index (χ0) is 31.2. The molecular formula is C32H36N6O5S. The first kappa shape index (κ1) is 30.7. The first-order valence-electron chi connectivity index (χ1n) is 14.7. The Morgan fingerprint density at radius 3 is 2.14 bits per heavy atom. The van der Waals surface area contributed by atoms with Gasteiger partial charge in [-0.15, -0.1) is 0 Å². The van der Waals surface area contributed by atoms with Crippen LogP contribution in [0, 0.1) is 16.0 Å². The molecule has 2 saturated heterocycles. The smallest absolute Gasteiger partial charge is 0.293 e. The number of nitro groups is 1. The molecule has 11 nitrogen and oxygen atoms in total. The van der Waals surface area contributed by atoms with Gasteiger partial charge in [0.1, 0.15) is 11.4 Å². The zero-order valence-electron chi connectivity index (χ0n) is 24.8. The van der Waals surface area contributed by atoms with Gasteiger partial charge in [0.2, 0.25) is 0 Å². The SMILES string of the molecule is COc1ccc(C(=O)N2CCN(c3ccc(NC(=S)NC(=O)c4ccc(N5CCC(C)CC5)c([N+](=O)[O-])c4)cc3)CC2)cc1. The fourth-order valence-corrected chi connectivity index (χ4v) is 5.72. The number of methoxy groups -OCH3 is 1. The van der Waals surface area contributed by atoms with E-state index in [4.69, 9.17) is 17.0 Å². The van der Waals surface area contributed by atoms with Gasteiger partial charge in [0.15, 0.2) is 5.11 Å². The Morgan fingerprint density at radius 1 is 0.886 bits per heavy atom. The van der Waals surface area contributed by atoms with Gasteiger partial charge in [-0.05, 0) is 91.6 Å². The van der Waals surface area contributed by atoms with Crippen LogP contribution in [0.25, 0.3) is 0 Å². The molecule has 12 heteroatoms. The van der Waals surface area contributed by atoms with E-state index < -0.39 is 10.8 Å². The molecule has 3 aromatic carbocycles. The number of ether oxygens (including phenoxy) is 1. The van der Waals surface area contributed by atoms with Crippen LogP contribution in [0.3, 0.4) is 0 Å². The summed E-state index contributed by atoms with van der Waals surface area (Å²) in [5, 5.41) is 17.5. The second-order valence-electron chi connectivity index (χ2n) is 11.1. The zero-order valence-corrected chi connectivity index (χ0v) is 25.6. The van der Waals surface area contributed by atoms with Gasteiger partial charge in [-0.2, -0.15) is 0 Å². The molecule has 2 fully saturated rings. The lowest BCUT2D eigenvalue weighted by molar-refractivity contribution is -0.384. The Hall–Kier alpha value is -4.71. The van der Waals surface area contributed by atoms with Crippen molar-refractivity contribution in [2.24, 2.45) is 5.92 Å². The van der Waals surface area contributed by atoms with Crippen molar-refractivity contribution in [2.75, 3.05) is 61.5 Å². The average Bonchev–Trinajstić information content (AvgIpc) is 3.05. The van der Waals surface area contributed by atoms with Crippen LogP contribution < -0.4 is 25.2 Å². The third-order valence-corrected chi connectivity index (χ3v) is 8.38. The number of anilines is 3. The summed E-state index contributed by atoms with van der Waals surface area (Å²) in [4.78, 5) is 43.2. The van der Waals surface area contributed by atoms with E-state index in [1.165, 1.54) is 6.07 Å². The number of nitrogens with one attached hydrogen (secondary N) is 2. The Morgan fingerprint density at radius 2 is 1.52 bits per heavy atom. The van der Waals surface area contributed by atoms with E-state index in [0.717, 1.165) is 31.6 Å². The van der Waals surface area contributed by atoms with Crippen molar-refractivity contribution in [3.63, 3.8) is 0 Å². The van der Waals surface area contributed by atoms with E-state index in [2.05, 4.69) is 22.5 Å². The summed E-state index contributed by atoms with van der Waals surface area (Å²) >= 11 is 5.35. The summed E-state index contributed by atoms with van der Waals surface area (Å²) in [6, 6.07) is 19.3. The summed E-state index contributed by atoms with van der Waals surface area (Å²) in [7, 11) is 1.60. The Balaban J connectivity index is 1.13. The fourth-order valence-electron chi connectivity index (χ4n) is 5.50. The molecule has 0 atom stereocenters. The van der Waals surface area contributed by atoms with Gasteiger partial charge in [-0.25, -0.2) is 0 Å². The average molecular weight is 617 g/mol. The lowest BCUT2D eigenvalue weighted by Gasteiger charge is -2.36. The van der Waals surface area contributed by atoms with E-state index in [-0.39, 0.29) is 22.3 Å². The fraction of sp³-hybridized carbons (Fsp3) is 0.344. The lowest BCUT2D eigenvalue weighted by Crippen LogP contribution is -2.48. The third-order valence-electron chi connectivity index (χ3n) is 8.18. The van der Waals surface area contributed by atoms with Crippen LogP contribution in [0.5, 0.6) is 5.75 Å². The number of piperidine rings is 1. The van der Waals surface area contributed by atoms with Crippen LogP contribution in [-0.4, -0.2) is 73.1 Å². The first-order chi connectivity index (χ1) is 21.2. The number of nitro benzene ring substituents is 1. The summed E-state index contributed by atoms with van der Waals surface area (Å²) in [5.74, 6) is 0.790. The highest BCUT2D eigenvalue weighted by atomic mass is 32.1. The lowest BCUT2D eigenvalue weighted by atomic mass is 9.98. The van der Waals surface area contributed by atoms with E-state index >= 15 is 0 Å². The topological polar surface area (TPSA) is 120 Å². The van der Waals surface area contributed by atoms with Gasteiger partial charge >= 0.3 is 0 Å². The molecule has 2 heterocycles. The predicted molar refractivity (Wildman–Crippen MR) is 175 cm³/mol. The molecule has 0 spiro atoms. The quantitative estimate of drug-likeness (QED) is 0.216. The molecule has 3 aromatic rings. The maximum atomic E-state index is 12.9. The summed E-state index contributed by atoms with van der Waals surface area (Å²) in [6.45, 7) is 6.30. The van der Waals surface area contributed by atoms with Gasteiger partial charge in [-0.3, -0.25) is 25.0 Å². The van der Waals surface area contributed by atoms with Gasteiger partial charge in [-0.1, -0.05) is 6.92 Å². The number of benzene rings is 3. The summed E-state index contributed by atoms with van der Waals surface area (Å²) < 4.78 is 5.17. The van der Waals surface area contributed by atoms with Crippen LogP contribution in [0.1, 0.15) is 40.5 Å². The van der Waals surface area contributed by atoms with Crippen molar-refractivity contribution in [2.45, 2.75) is 19.8 Å². The van der Waals surface area contributed by atoms with E-state index in [9.17, 15) is 19.7 Å². The van der Waals surface area contributed by atoms with Gasteiger partial charge in [0, 0.05) is 67.8 Å². The van der Waals surface area contributed by atoms with Gasteiger partial charge in [0.05, 0.1) is 12.0 Å². The number of hydrogen-bond acceptors (Lipinski definition) is 8. The maximum absolute atomic E-state index is 12.9. The second kappa shape index (κ2) is 13.7. The molecule has 230 valence electrons. The van der Waals surface area contributed by atoms with E-state index in [1.54, 1.807) is 43.5 Å². The monoisotopic (exact) mass is 616 g/mol. The highest BCUT2D eigenvalue weighted by Gasteiger charge is 2.25. The number of carbonyl (C=O) groups is 2. The standard InChI is InChI=1S/C32H36N6O5S/c1-22-13-15-36(16-14-22)28-12-5-24(21-29(28)38(41)42)30(39)34-32(44)33-25-6-8-26(9-7-25)35-17-19-37(20-18-35)31(40)23-3-10-27(43-2)11-4-23/h3-12,21-22H,13-20H2,1-2H3,(H2,33,34,39,44). The van der Waals surface area contributed by atoms with E-state index in [1.807, 2.05) is 34.1 Å². The number of nitrogens with zero attached hydrogens (tertiary/aromatic N) is 4. The summed E-state index contributed by atoms with van der Waals surface area (Å²) in [5.41, 5.74) is 2.94. The molecule has 2 N–H and O–H groups in total. The van der Waals surface area contributed by atoms with Crippen molar-refractivity contribution in [3.05, 3.63) is 88.0 Å². The molecular weight excluding hydrogens is 580 g/mol. The number of thiocarbonyl (C=S) groups is 1. The van der Waals surface area contributed by atoms with Crippen LogP contribution in [-0.2, 0) is 0 Å². The van der Waals surface area contributed by atoms with Crippen molar-refractivity contribution in [3.8, 4) is 5.75 Å². The van der Waals surface area contributed by atoms with Crippen LogP contribution in [0.4, 0.5) is 22.7 Å². The molecule has 0 aromatic heterocycles. The predicted octanol–water partition coefficient (Wildman–Crippen LogP) is 4.93. The van der Waals surface area contributed by atoms with E-state index in [0.29, 0.717) is 54.8 Å². The minimum atomic E-state index is -0.525. The summed E-state index contributed by atoms with van der Waals surface area (Å²) in [6.07, 6.45) is 1.95. The van der Waals surface area contributed by atoms with Gasteiger partial charge in [0.25, 0.3) is 17.5 Å². The number of piperazine rings is 1. The minimum Gasteiger partial charge on any atom is -0.497 e. The maximum Gasteiger partial charge on any atom is 0.293 e. The highest BCUT2D eigenvalue weighted by molar-refractivity contribution is 7.80. The number of rotatable bonds is 7. The number of hydrogen-bond donors (Lipinski definition) is 2. The Bertz CT molecular complexity index is 1520. The normalized spacial score (nSPS) is 15.5. The largest absolute Gasteiger partial charge is 0.497 e. The molecule has 0 aliphatic carbocycles. The van der Waals surface area contributed by atoms with Crippen molar-refractivity contribution in [1.82, 2.24) is 10.2 Å². The molecule has 5 rings (SSSR count). The minimum absolute atomic E-state index is 0.00428. The van der Waals surface area contributed by atoms with Crippen molar-refractivity contribution < 1.29 is 19.2 Å². The number of carbonyl (C=O) groups excluding carboxylic acids is 2. The molecule has 0 bridgehead atoms. The molecule has 0 saturated carbocycles. The van der Waals surface area contributed by atoms with Crippen LogP contribution in [0.15, 0.2) is 66.7 Å². The van der Waals surface area contributed by atoms with Crippen LogP contribution in [0.2, 0.25) is 0 Å². The molecule has 44 heavy (non-hydrogen) atoms. The molecule has 0 unspecified atom stereocenters. The Kier molecular flexibility index (Phi) is 9.59. The van der Waals surface area contributed by atoms with Crippen molar-refractivity contribution in [1.29, 1.82) is 0 Å². The van der Waals surface area contributed by atoms with Crippen LogP contribution >= 0.6 is 12.2 Å². The molecule has 2 aliphatic heterocycles. The molecule has 2 aliphatic rings. The third kappa shape index (κ3) is 7.25. The van der Waals surface area contributed by atoms with Crippen molar-refractivity contribution >= 4 is 51.9 Å². The highest BCUT2D eigenvalue weighted by Crippen LogP contribution is 2.32. The van der Waals surface area contributed by atoms with Gasteiger partial charge < -0.3 is 24.8 Å². The Labute approximate surface area is 261 Å². The number of amides is 2. The molecule has 0 radical (unpaired) electrons. The second-order valence-corrected chi connectivity index (χ2v) is 11.5. The first-order valence-corrected chi connectivity index (χ1v) is 15.1.